The van der Waals surface area contributed by atoms with Gasteiger partial charge in [-0.25, -0.2) is 0 Å². The van der Waals surface area contributed by atoms with E-state index in [1.54, 1.807) is 7.11 Å². The minimum atomic E-state index is -0.345. The van der Waals surface area contributed by atoms with Crippen LogP contribution in [0.2, 0.25) is 0 Å². The van der Waals surface area contributed by atoms with Gasteiger partial charge < -0.3 is 14.9 Å². The Labute approximate surface area is 273 Å². The third-order valence-corrected chi connectivity index (χ3v) is 8.89. The summed E-state index contributed by atoms with van der Waals surface area (Å²) in [5.41, 5.74) is 7.39. The highest BCUT2D eigenvalue weighted by Gasteiger charge is 2.35. The van der Waals surface area contributed by atoms with E-state index in [0.29, 0.717) is 30.8 Å². The molecule has 0 aromatic heterocycles. The lowest BCUT2D eigenvalue weighted by Crippen LogP contribution is -2.32. The number of aliphatic hydroxyl groups excluding tert-OH is 2. The molecule has 2 aliphatic rings. The maximum atomic E-state index is 13.2. The normalized spacial score (nSPS) is 25.3. The first-order chi connectivity index (χ1) is 21.1. The number of ether oxygens (including phenoxy) is 1. The van der Waals surface area contributed by atoms with Crippen LogP contribution in [0.1, 0.15) is 88.0 Å². The smallest absolute Gasteiger partial charge is 0.165 e. The molecule has 0 bridgehead atoms. The molecular formula is C41H58O4. The lowest BCUT2D eigenvalue weighted by atomic mass is 9.67. The minimum Gasteiger partial charge on any atom is -0.393 e. The number of rotatable bonds is 13. The summed E-state index contributed by atoms with van der Waals surface area (Å²) in [4.78, 5) is 13.2. The Morgan fingerprint density at radius 2 is 1.42 bits per heavy atom. The van der Waals surface area contributed by atoms with Crippen molar-refractivity contribution in [2.24, 2.45) is 16.7 Å². The fraction of sp³-hybridized carbons (Fsp3) is 0.488. The summed E-state index contributed by atoms with van der Waals surface area (Å²) < 4.78 is 5.33. The number of hydrogen-bond acceptors (Lipinski definition) is 4. The maximum Gasteiger partial charge on any atom is 0.165 e. The monoisotopic (exact) mass is 614 g/mol. The average molecular weight is 615 g/mol. The van der Waals surface area contributed by atoms with Crippen molar-refractivity contribution in [2.45, 2.75) is 100 Å². The van der Waals surface area contributed by atoms with Gasteiger partial charge in [0.2, 0.25) is 0 Å². The molecule has 3 atom stereocenters. The van der Waals surface area contributed by atoms with Crippen molar-refractivity contribution >= 4 is 5.78 Å². The number of allylic oxidation sites excluding steroid dienone is 17. The van der Waals surface area contributed by atoms with Gasteiger partial charge in [-0.2, -0.15) is 0 Å². The van der Waals surface area contributed by atoms with E-state index in [9.17, 15) is 15.0 Å². The van der Waals surface area contributed by atoms with Gasteiger partial charge >= 0.3 is 0 Å². The molecule has 2 aliphatic carbocycles. The highest BCUT2D eigenvalue weighted by Crippen LogP contribution is 2.43. The van der Waals surface area contributed by atoms with Crippen LogP contribution in [0.3, 0.4) is 0 Å². The van der Waals surface area contributed by atoms with Crippen LogP contribution in [0.15, 0.2) is 118 Å². The molecule has 0 heterocycles. The second-order valence-corrected chi connectivity index (χ2v) is 14.3. The van der Waals surface area contributed by atoms with Gasteiger partial charge in [0.05, 0.1) is 18.8 Å². The predicted molar refractivity (Wildman–Crippen MR) is 191 cm³/mol. The minimum absolute atomic E-state index is 0.0394. The Hall–Kier alpha value is -3.05. The van der Waals surface area contributed by atoms with E-state index in [1.807, 2.05) is 56.4 Å². The SMILES string of the molecule is COC\C(=C/C=C/C(C)=C/C=C/C=C(C)/C=C/C=C(C)/C=C/[C@H]1C(C)=C[C@H](O)CC1(C)C)C(=O)CC1=C(C)C[C@@H](O)CC1(C)C. The Morgan fingerprint density at radius 1 is 0.867 bits per heavy atom. The van der Waals surface area contributed by atoms with Crippen LogP contribution in [-0.4, -0.2) is 41.9 Å². The number of Topliss-reactive ketones (excluding diaryl/α,β-unsaturated/α-hetero) is 1. The van der Waals surface area contributed by atoms with Gasteiger partial charge in [0.15, 0.2) is 5.78 Å². The lowest BCUT2D eigenvalue weighted by molar-refractivity contribution is -0.115. The third-order valence-electron chi connectivity index (χ3n) is 8.89. The van der Waals surface area contributed by atoms with Crippen molar-refractivity contribution in [3.63, 3.8) is 0 Å². The van der Waals surface area contributed by atoms with Gasteiger partial charge in [0.1, 0.15) is 0 Å². The van der Waals surface area contributed by atoms with Gasteiger partial charge in [0, 0.05) is 25.0 Å². The van der Waals surface area contributed by atoms with Gasteiger partial charge in [-0.15, -0.1) is 0 Å². The second-order valence-electron chi connectivity index (χ2n) is 14.3. The van der Waals surface area contributed by atoms with E-state index < -0.39 is 0 Å². The Balaban J connectivity index is 1.97. The Kier molecular flexibility index (Phi) is 14.9. The number of methoxy groups -OCH3 is 1. The first-order valence-electron chi connectivity index (χ1n) is 16.2. The van der Waals surface area contributed by atoms with Crippen LogP contribution in [-0.2, 0) is 9.53 Å². The fourth-order valence-electron chi connectivity index (χ4n) is 6.54. The molecule has 0 unspecified atom stereocenters. The second kappa shape index (κ2) is 17.6. The number of aliphatic hydroxyl groups is 2. The number of carbonyl (C=O) groups excluding carboxylic acids is 1. The molecule has 2 N–H and O–H groups in total. The molecule has 0 aromatic rings. The zero-order chi connectivity index (χ0) is 33.8. The lowest BCUT2D eigenvalue weighted by Gasteiger charge is -2.38. The molecule has 2 rings (SSSR count). The Morgan fingerprint density at radius 3 is 1.98 bits per heavy atom. The molecule has 0 radical (unpaired) electrons. The van der Waals surface area contributed by atoms with Crippen LogP contribution in [0.4, 0.5) is 0 Å². The van der Waals surface area contributed by atoms with Crippen LogP contribution in [0.5, 0.6) is 0 Å². The van der Waals surface area contributed by atoms with E-state index in [1.165, 1.54) is 11.1 Å². The third kappa shape index (κ3) is 12.7. The number of carbonyl (C=O) groups is 1. The quantitative estimate of drug-likeness (QED) is 0.123. The maximum absolute atomic E-state index is 13.2. The molecule has 45 heavy (non-hydrogen) atoms. The summed E-state index contributed by atoms with van der Waals surface area (Å²) in [6.45, 7) is 19.3. The Bertz CT molecular complexity index is 1350. The molecular weight excluding hydrogens is 556 g/mol. The molecule has 0 spiro atoms. The molecule has 0 fully saturated rings. The summed E-state index contributed by atoms with van der Waals surface area (Å²) in [6.07, 6.45) is 28.4. The first kappa shape index (κ1) is 38.1. The largest absolute Gasteiger partial charge is 0.393 e. The van der Waals surface area contributed by atoms with Crippen LogP contribution in [0.25, 0.3) is 0 Å². The highest BCUT2D eigenvalue weighted by molar-refractivity contribution is 5.97. The first-order valence-corrected chi connectivity index (χ1v) is 16.2. The molecule has 0 aliphatic heterocycles. The van der Waals surface area contributed by atoms with Gasteiger partial charge in [-0.3, -0.25) is 4.79 Å². The van der Waals surface area contributed by atoms with Crippen molar-refractivity contribution in [3.8, 4) is 0 Å². The molecule has 0 amide bonds. The summed E-state index contributed by atoms with van der Waals surface area (Å²) in [5.74, 6) is 0.396. The van der Waals surface area contributed by atoms with Crippen molar-refractivity contribution in [3.05, 3.63) is 118 Å². The number of hydrogen-bond donors (Lipinski definition) is 2. The molecule has 0 saturated heterocycles. The van der Waals surface area contributed by atoms with Crippen LogP contribution in [0, 0.1) is 16.7 Å². The summed E-state index contributed by atoms with van der Waals surface area (Å²) in [5, 5.41) is 20.3. The molecule has 4 nitrogen and oxygen atoms in total. The average Bonchev–Trinajstić information content (AvgIpc) is 2.91. The van der Waals surface area contributed by atoms with E-state index in [-0.39, 0.29) is 35.4 Å². The highest BCUT2D eigenvalue weighted by atomic mass is 16.5. The standard InChI is InChI=1S/C41H58O4/c1-29(17-13-18-31(3)21-22-37-32(4)23-35(42)26-40(37,6)7)15-11-12-16-30(2)19-14-20-34(28-45-10)39(44)25-38-33(5)24-36(43)27-41(38,8)9/h11-23,35-37,42-43H,24-28H2,1-10H3/b12-11+,17-13+,19-14+,22-21+,29-15+,30-16+,31-18+,34-20+/t35-,36+,37-/m0/s1. The molecule has 0 aromatic carbocycles. The summed E-state index contributed by atoms with van der Waals surface area (Å²) >= 11 is 0. The topological polar surface area (TPSA) is 66.8 Å². The van der Waals surface area contributed by atoms with E-state index >= 15 is 0 Å². The van der Waals surface area contributed by atoms with Crippen molar-refractivity contribution in [1.29, 1.82) is 0 Å². The zero-order valence-corrected chi connectivity index (χ0v) is 29.5. The van der Waals surface area contributed by atoms with Crippen molar-refractivity contribution in [2.75, 3.05) is 13.7 Å². The van der Waals surface area contributed by atoms with Gasteiger partial charge in [-0.1, -0.05) is 140 Å². The van der Waals surface area contributed by atoms with Gasteiger partial charge in [0.25, 0.3) is 0 Å². The number of ketones is 1. The van der Waals surface area contributed by atoms with Crippen molar-refractivity contribution in [1.82, 2.24) is 0 Å². The van der Waals surface area contributed by atoms with E-state index in [0.717, 1.165) is 28.7 Å². The summed E-state index contributed by atoms with van der Waals surface area (Å²) in [7, 11) is 1.61. The van der Waals surface area contributed by atoms with Crippen LogP contribution >= 0.6 is 0 Å². The molecule has 4 heteroatoms. The zero-order valence-electron chi connectivity index (χ0n) is 29.5. The van der Waals surface area contributed by atoms with E-state index in [4.69, 9.17) is 4.74 Å². The van der Waals surface area contributed by atoms with Crippen molar-refractivity contribution < 1.29 is 19.7 Å². The fourth-order valence-corrected chi connectivity index (χ4v) is 6.54. The van der Waals surface area contributed by atoms with E-state index in [2.05, 4.69) is 84.9 Å². The predicted octanol–water partition coefficient (Wildman–Crippen LogP) is 9.43. The van der Waals surface area contributed by atoms with Gasteiger partial charge in [-0.05, 0) is 64.7 Å². The summed E-state index contributed by atoms with van der Waals surface area (Å²) in [6, 6.07) is 0. The van der Waals surface area contributed by atoms with Crippen LogP contribution < -0.4 is 0 Å². The molecule has 246 valence electrons. The molecule has 0 saturated carbocycles.